The predicted molar refractivity (Wildman–Crippen MR) is 72.1 cm³/mol. The highest BCUT2D eigenvalue weighted by Crippen LogP contribution is 2.17. The SMILES string of the molecule is CCCOC(=O)Cc1c(C)cccc1C(=O)OCC. The van der Waals surface area contributed by atoms with Crippen LogP contribution < -0.4 is 0 Å². The van der Waals surface area contributed by atoms with Gasteiger partial charge in [0.05, 0.1) is 25.2 Å². The maximum atomic E-state index is 11.8. The molecule has 0 amide bonds. The van der Waals surface area contributed by atoms with Gasteiger partial charge in [0.1, 0.15) is 0 Å². The van der Waals surface area contributed by atoms with Gasteiger partial charge in [-0.1, -0.05) is 19.1 Å². The van der Waals surface area contributed by atoms with E-state index in [0.717, 1.165) is 12.0 Å². The molecule has 0 N–H and O–H groups in total. The van der Waals surface area contributed by atoms with Gasteiger partial charge in [-0.05, 0) is 37.5 Å². The van der Waals surface area contributed by atoms with E-state index in [1.807, 2.05) is 19.9 Å². The summed E-state index contributed by atoms with van der Waals surface area (Å²) < 4.78 is 10.0. The fourth-order valence-corrected chi connectivity index (χ4v) is 1.75. The minimum absolute atomic E-state index is 0.0980. The molecule has 4 heteroatoms. The van der Waals surface area contributed by atoms with Gasteiger partial charge in [0.15, 0.2) is 0 Å². The summed E-state index contributed by atoms with van der Waals surface area (Å²) in [6.45, 7) is 6.27. The summed E-state index contributed by atoms with van der Waals surface area (Å²) in [6.07, 6.45) is 0.880. The van der Waals surface area contributed by atoms with Crippen molar-refractivity contribution in [2.75, 3.05) is 13.2 Å². The third-order valence-corrected chi connectivity index (χ3v) is 2.69. The van der Waals surface area contributed by atoms with Crippen LogP contribution in [0.3, 0.4) is 0 Å². The molecule has 0 fully saturated rings. The molecule has 1 rings (SSSR count). The first-order valence-corrected chi connectivity index (χ1v) is 6.51. The number of carbonyl (C=O) groups is 2. The molecule has 1 aromatic carbocycles. The van der Waals surface area contributed by atoms with Gasteiger partial charge in [0.2, 0.25) is 0 Å². The van der Waals surface area contributed by atoms with E-state index in [-0.39, 0.29) is 12.4 Å². The van der Waals surface area contributed by atoms with Crippen LogP contribution >= 0.6 is 0 Å². The molecule has 0 aliphatic heterocycles. The van der Waals surface area contributed by atoms with Crippen molar-refractivity contribution in [2.45, 2.75) is 33.6 Å². The second kappa shape index (κ2) is 7.56. The smallest absolute Gasteiger partial charge is 0.338 e. The first kappa shape index (κ1) is 15.2. The summed E-state index contributed by atoms with van der Waals surface area (Å²) in [5.41, 5.74) is 2.01. The average Bonchev–Trinajstić information content (AvgIpc) is 2.39. The van der Waals surface area contributed by atoms with Crippen molar-refractivity contribution in [3.8, 4) is 0 Å². The highest BCUT2D eigenvalue weighted by atomic mass is 16.5. The van der Waals surface area contributed by atoms with Gasteiger partial charge < -0.3 is 9.47 Å². The van der Waals surface area contributed by atoms with Crippen LogP contribution in [0.15, 0.2) is 18.2 Å². The number of rotatable bonds is 6. The molecule has 0 aliphatic rings. The zero-order valence-corrected chi connectivity index (χ0v) is 11.7. The number of benzene rings is 1. The number of ether oxygens (including phenoxy) is 2. The monoisotopic (exact) mass is 264 g/mol. The van der Waals surface area contributed by atoms with Crippen LogP contribution in [0.4, 0.5) is 0 Å². The van der Waals surface area contributed by atoms with E-state index in [4.69, 9.17) is 9.47 Å². The summed E-state index contributed by atoms with van der Waals surface area (Å²) in [7, 11) is 0. The molecule has 0 saturated heterocycles. The highest BCUT2D eigenvalue weighted by molar-refractivity contribution is 5.93. The van der Waals surface area contributed by atoms with Gasteiger partial charge in [-0.2, -0.15) is 0 Å². The number of hydrogen-bond acceptors (Lipinski definition) is 4. The molecule has 0 aromatic heterocycles. The van der Waals surface area contributed by atoms with Crippen LogP contribution in [-0.2, 0) is 20.7 Å². The lowest BCUT2D eigenvalue weighted by Gasteiger charge is -2.11. The molecule has 104 valence electrons. The third kappa shape index (κ3) is 4.39. The molecule has 0 aliphatic carbocycles. The summed E-state index contributed by atoms with van der Waals surface area (Å²) >= 11 is 0. The van der Waals surface area contributed by atoms with Crippen molar-refractivity contribution in [3.05, 3.63) is 34.9 Å². The maximum Gasteiger partial charge on any atom is 0.338 e. The second-order valence-corrected chi connectivity index (χ2v) is 4.22. The summed E-state index contributed by atoms with van der Waals surface area (Å²) in [5.74, 6) is -0.716. The van der Waals surface area contributed by atoms with Crippen LogP contribution in [0.1, 0.15) is 41.8 Å². The molecule has 0 radical (unpaired) electrons. The normalized spacial score (nSPS) is 10.1. The lowest BCUT2D eigenvalue weighted by molar-refractivity contribution is -0.142. The Balaban J connectivity index is 2.91. The molecule has 0 bridgehead atoms. The minimum Gasteiger partial charge on any atom is -0.465 e. The Morgan fingerprint density at radius 3 is 2.53 bits per heavy atom. The fraction of sp³-hybridized carbons (Fsp3) is 0.467. The van der Waals surface area contributed by atoms with E-state index in [1.165, 1.54) is 0 Å². The number of esters is 2. The van der Waals surface area contributed by atoms with Crippen molar-refractivity contribution < 1.29 is 19.1 Å². The topological polar surface area (TPSA) is 52.6 Å². The largest absolute Gasteiger partial charge is 0.465 e. The minimum atomic E-state index is -0.399. The van der Waals surface area contributed by atoms with Crippen LogP contribution in [0.25, 0.3) is 0 Å². The molecule has 4 nitrogen and oxygen atoms in total. The van der Waals surface area contributed by atoms with Gasteiger partial charge >= 0.3 is 11.9 Å². The van der Waals surface area contributed by atoms with Gasteiger partial charge in [-0.15, -0.1) is 0 Å². The zero-order valence-electron chi connectivity index (χ0n) is 11.7. The summed E-state index contributed by atoms with van der Waals surface area (Å²) in [4.78, 5) is 23.5. The zero-order chi connectivity index (χ0) is 14.3. The van der Waals surface area contributed by atoms with E-state index in [9.17, 15) is 9.59 Å². The Kier molecular flexibility index (Phi) is 6.06. The second-order valence-electron chi connectivity index (χ2n) is 4.22. The lowest BCUT2D eigenvalue weighted by Crippen LogP contribution is -2.15. The first-order chi connectivity index (χ1) is 9.10. The van der Waals surface area contributed by atoms with Crippen LogP contribution in [0.5, 0.6) is 0 Å². The maximum absolute atomic E-state index is 11.8. The van der Waals surface area contributed by atoms with Gasteiger partial charge in [0.25, 0.3) is 0 Å². The van der Waals surface area contributed by atoms with E-state index in [2.05, 4.69) is 0 Å². The molecule has 0 unspecified atom stereocenters. The Morgan fingerprint density at radius 2 is 1.89 bits per heavy atom. The van der Waals surface area contributed by atoms with Crippen molar-refractivity contribution in [1.29, 1.82) is 0 Å². The Hall–Kier alpha value is -1.84. The number of carbonyl (C=O) groups excluding carboxylic acids is 2. The standard InChI is InChI=1S/C15H20O4/c1-4-9-19-14(16)10-13-11(3)7-6-8-12(13)15(17)18-5-2/h6-8H,4-5,9-10H2,1-3H3. The molecular formula is C15H20O4. The molecule has 0 spiro atoms. The number of aryl methyl sites for hydroxylation is 1. The van der Waals surface area contributed by atoms with Gasteiger partial charge in [-0.25, -0.2) is 4.79 Å². The molecular weight excluding hydrogens is 244 g/mol. The Labute approximate surface area is 113 Å². The lowest BCUT2D eigenvalue weighted by atomic mass is 9.99. The predicted octanol–water partition coefficient (Wildman–Crippen LogP) is 2.67. The Bertz CT molecular complexity index is 451. The molecule has 19 heavy (non-hydrogen) atoms. The molecule has 0 heterocycles. The van der Waals surface area contributed by atoms with Crippen molar-refractivity contribution in [1.82, 2.24) is 0 Å². The average molecular weight is 264 g/mol. The van der Waals surface area contributed by atoms with Crippen molar-refractivity contribution >= 4 is 11.9 Å². The summed E-state index contributed by atoms with van der Waals surface area (Å²) in [5, 5.41) is 0. The molecule has 0 saturated carbocycles. The number of hydrogen-bond donors (Lipinski definition) is 0. The Morgan fingerprint density at radius 1 is 1.16 bits per heavy atom. The first-order valence-electron chi connectivity index (χ1n) is 6.51. The van der Waals surface area contributed by atoms with Crippen molar-refractivity contribution in [3.63, 3.8) is 0 Å². The highest BCUT2D eigenvalue weighted by Gasteiger charge is 2.17. The molecule has 0 atom stereocenters. The van der Waals surface area contributed by atoms with E-state index >= 15 is 0 Å². The fourth-order valence-electron chi connectivity index (χ4n) is 1.75. The van der Waals surface area contributed by atoms with Crippen LogP contribution in [0, 0.1) is 6.92 Å². The van der Waals surface area contributed by atoms with Gasteiger partial charge in [-0.3, -0.25) is 4.79 Å². The van der Waals surface area contributed by atoms with Crippen molar-refractivity contribution in [2.24, 2.45) is 0 Å². The van der Waals surface area contributed by atoms with E-state index < -0.39 is 5.97 Å². The van der Waals surface area contributed by atoms with E-state index in [1.54, 1.807) is 19.1 Å². The van der Waals surface area contributed by atoms with Crippen LogP contribution in [0.2, 0.25) is 0 Å². The van der Waals surface area contributed by atoms with Gasteiger partial charge in [0, 0.05) is 0 Å². The summed E-state index contributed by atoms with van der Waals surface area (Å²) in [6, 6.07) is 5.32. The van der Waals surface area contributed by atoms with Crippen LogP contribution in [-0.4, -0.2) is 25.2 Å². The van der Waals surface area contributed by atoms with E-state index in [0.29, 0.717) is 24.3 Å². The third-order valence-electron chi connectivity index (χ3n) is 2.69. The molecule has 1 aromatic rings. The quantitative estimate of drug-likeness (QED) is 0.741.